The molecule has 0 radical (unpaired) electrons. The summed E-state index contributed by atoms with van der Waals surface area (Å²) < 4.78 is 15.9. The van der Waals surface area contributed by atoms with Crippen LogP contribution in [0.25, 0.3) is 11.1 Å². The highest BCUT2D eigenvalue weighted by Crippen LogP contribution is 2.21. The fraction of sp³-hybridized carbons (Fsp3) is 0.125. The van der Waals surface area contributed by atoms with E-state index in [2.05, 4.69) is 4.98 Å². The van der Waals surface area contributed by atoms with Crippen molar-refractivity contribution in [2.45, 2.75) is 6.92 Å². The molecular formula is C16H13NO4. The maximum absolute atomic E-state index is 11.7. The quantitative estimate of drug-likeness (QED) is 0.544. The monoisotopic (exact) mass is 283 g/mol. The van der Waals surface area contributed by atoms with Crippen LogP contribution in [0.4, 0.5) is 0 Å². The molecule has 0 aliphatic rings. The SMILES string of the molecule is Cc1nc2ccc(OC(=O)COc3ccccc3)cc2o1. The Morgan fingerprint density at radius 3 is 2.76 bits per heavy atom. The Hall–Kier alpha value is -2.82. The molecule has 0 saturated carbocycles. The molecule has 0 amide bonds. The highest BCUT2D eigenvalue weighted by atomic mass is 16.6. The van der Waals surface area contributed by atoms with Gasteiger partial charge in [-0.25, -0.2) is 9.78 Å². The molecule has 0 fully saturated rings. The van der Waals surface area contributed by atoms with E-state index in [1.807, 2.05) is 18.2 Å². The lowest BCUT2D eigenvalue weighted by atomic mass is 10.3. The molecule has 0 aliphatic carbocycles. The van der Waals surface area contributed by atoms with Gasteiger partial charge in [-0.2, -0.15) is 0 Å². The van der Waals surface area contributed by atoms with Gasteiger partial charge in [0.15, 0.2) is 18.1 Å². The lowest BCUT2D eigenvalue weighted by Gasteiger charge is -2.06. The molecule has 5 heteroatoms. The molecule has 1 aromatic heterocycles. The Labute approximate surface area is 121 Å². The number of carbonyl (C=O) groups excluding carboxylic acids is 1. The minimum absolute atomic E-state index is 0.155. The summed E-state index contributed by atoms with van der Waals surface area (Å²) in [5.41, 5.74) is 1.31. The summed E-state index contributed by atoms with van der Waals surface area (Å²) >= 11 is 0. The Morgan fingerprint density at radius 2 is 1.95 bits per heavy atom. The van der Waals surface area contributed by atoms with Crippen molar-refractivity contribution in [3.05, 3.63) is 54.4 Å². The molecule has 0 N–H and O–H groups in total. The summed E-state index contributed by atoms with van der Waals surface area (Å²) in [5, 5.41) is 0. The molecule has 0 atom stereocenters. The number of nitrogens with zero attached hydrogens (tertiary/aromatic N) is 1. The van der Waals surface area contributed by atoms with Crippen LogP contribution in [0, 0.1) is 6.92 Å². The van der Waals surface area contributed by atoms with Crippen molar-refractivity contribution in [2.75, 3.05) is 6.61 Å². The van der Waals surface area contributed by atoms with Gasteiger partial charge in [-0.05, 0) is 24.3 Å². The number of rotatable bonds is 4. The second-order valence-corrected chi connectivity index (χ2v) is 4.44. The number of ether oxygens (including phenoxy) is 2. The lowest BCUT2D eigenvalue weighted by molar-refractivity contribution is -0.136. The number of esters is 1. The van der Waals surface area contributed by atoms with Crippen molar-refractivity contribution in [3.8, 4) is 11.5 Å². The first-order valence-electron chi connectivity index (χ1n) is 6.46. The van der Waals surface area contributed by atoms with Gasteiger partial charge in [0.05, 0.1) is 0 Å². The maximum atomic E-state index is 11.7. The van der Waals surface area contributed by atoms with Crippen LogP contribution in [0.5, 0.6) is 11.5 Å². The number of hydrogen-bond acceptors (Lipinski definition) is 5. The molecule has 0 bridgehead atoms. The third-order valence-corrected chi connectivity index (χ3v) is 2.80. The van der Waals surface area contributed by atoms with Gasteiger partial charge >= 0.3 is 5.97 Å². The van der Waals surface area contributed by atoms with Crippen LogP contribution in [0.1, 0.15) is 5.89 Å². The van der Waals surface area contributed by atoms with Gasteiger partial charge in [-0.3, -0.25) is 0 Å². The maximum Gasteiger partial charge on any atom is 0.349 e. The van der Waals surface area contributed by atoms with Crippen molar-refractivity contribution < 1.29 is 18.7 Å². The van der Waals surface area contributed by atoms with Gasteiger partial charge in [0.2, 0.25) is 0 Å². The average Bonchev–Trinajstić information content (AvgIpc) is 2.85. The zero-order valence-electron chi connectivity index (χ0n) is 11.4. The van der Waals surface area contributed by atoms with E-state index in [1.54, 1.807) is 37.3 Å². The van der Waals surface area contributed by atoms with E-state index in [4.69, 9.17) is 13.9 Å². The first-order valence-corrected chi connectivity index (χ1v) is 6.46. The summed E-state index contributed by atoms with van der Waals surface area (Å²) in [6, 6.07) is 14.1. The van der Waals surface area contributed by atoms with Crippen LogP contribution in [0.2, 0.25) is 0 Å². The van der Waals surface area contributed by atoms with E-state index in [9.17, 15) is 4.79 Å². The van der Waals surface area contributed by atoms with Crippen molar-refractivity contribution in [1.29, 1.82) is 0 Å². The summed E-state index contributed by atoms with van der Waals surface area (Å²) in [6.45, 7) is 1.61. The van der Waals surface area contributed by atoms with Crippen molar-refractivity contribution in [2.24, 2.45) is 0 Å². The number of fused-ring (bicyclic) bond motifs is 1. The summed E-state index contributed by atoms with van der Waals surface area (Å²) in [4.78, 5) is 15.9. The average molecular weight is 283 g/mol. The normalized spacial score (nSPS) is 10.5. The largest absolute Gasteiger partial charge is 0.482 e. The second kappa shape index (κ2) is 5.66. The van der Waals surface area contributed by atoms with Crippen LogP contribution in [0.3, 0.4) is 0 Å². The van der Waals surface area contributed by atoms with Crippen LogP contribution >= 0.6 is 0 Å². The third-order valence-electron chi connectivity index (χ3n) is 2.80. The molecule has 2 aromatic carbocycles. The molecule has 21 heavy (non-hydrogen) atoms. The molecule has 3 rings (SSSR count). The van der Waals surface area contributed by atoms with Crippen molar-refractivity contribution in [3.63, 3.8) is 0 Å². The third kappa shape index (κ3) is 3.20. The van der Waals surface area contributed by atoms with Gasteiger partial charge < -0.3 is 13.9 Å². The van der Waals surface area contributed by atoms with Crippen LogP contribution in [-0.4, -0.2) is 17.6 Å². The van der Waals surface area contributed by atoms with E-state index >= 15 is 0 Å². The van der Waals surface area contributed by atoms with Gasteiger partial charge in [0.25, 0.3) is 0 Å². The predicted molar refractivity (Wildman–Crippen MR) is 76.3 cm³/mol. The minimum atomic E-state index is -0.477. The Kier molecular flexibility index (Phi) is 3.55. The molecule has 0 spiro atoms. The lowest BCUT2D eigenvalue weighted by Crippen LogP contribution is -2.17. The van der Waals surface area contributed by atoms with E-state index in [1.165, 1.54) is 0 Å². The summed E-state index contributed by atoms with van der Waals surface area (Å²) in [5.74, 6) is 1.12. The standard InChI is InChI=1S/C16H13NO4/c1-11-17-14-8-7-13(9-15(14)20-11)21-16(18)10-19-12-5-3-2-4-6-12/h2-9H,10H2,1H3. The molecular weight excluding hydrogens is 270 g/mol. The number of hydrogen-bond donors (Lipinski definition) is 0. The molecule has 0 saturated heterocycles. The van der Waals surface area contributed by atoms with Crippen LogP contribution in [-0.2, 0) is 4.79 Å². The van der Waals surface area contributed by atoms with E-state index in [0.717, 1.165) is 5.52 Å². The van der Waals surface area contributed by atoms with Gasteiger partial charge in [-0.1, -0.05) is 18.2 Å². The zero-order chi connectivity index (χ0) is 14.7. The highest BCUT2D eigenvalue weighted by molar-refractivity contribution is 5.78. The van der Waals surface area contributed by atoms with Crippen LogP contribution in [0.15, 0.2) is 52.9 Å². The Morgan fingerprint density at radius 1 is 1.14 bits per heavy atom. The molecule has 3 aromatic rings. The van der Waals surface area contributed by atoms with E-state index in [-0.39, 0.29) is 6.61 Å². The molecule has 0 unspecified atom stereocenters. The van der Waals surface area contributed by atoms with E-state index in [0.29, 0.717) is 23.0 Å². The first kappa shape index (κ1) is 13.2. The minimum Gasteiger partial charge on any atom is -0.482 e. The Balaban J connectivity index is 1.63. The number of aryl methyl sites for hydroxylation is 1. The van der Waals surface area contributed by atoms with E-state index < -0.39 is 5.97 Å². The summed E-state index contributed by atoms with van der Waals surface area (Å²) in [6.07, 6.45) is 0. The Bertz CT molecular complexity index is 764. The number of aromatic nitrogens is 1. The predicted octanol–water partition coefficient (Wildman–Crippen LogP) is 3.12. The highest BCUT2D eigenvalue weighted by Gasteiger charge is 2.09. The number of para-hydroxylation sites is 1. The smallest absolute Gasteiger partial charge is 0.349 e. The molecule has 0 aliphatic heterocycles. The second-order valence-electron chi connectivity index (χ2n) is 4.44. The number of oxazole rings is 1. The number of carbonyl (C=O) groups is 1. The molecule has 106 valence electrons. The number of benzene rings is 2. The van der Waals surface area contributed by atoms with Gasteiger partial charge in [0, 0.05) is 13.0 Å². The first-order chi connectivity index (χ1) is 10.2. The topological polar surface area (TPSA) is 61.6 Å². The molecule has 1 heterocycles. The summed E-state index contributed by atoms with van der Waals surface area (Å²) in [7, 11) is 0. The zero-order valence-corrected chi connectivity index (χ0v) is 11.4. The fourth-order valence-corrected chi connectivity index (χ4v) is 1.90. The van der Waals surface area contributed by atoms with Crippen LogP contribution < -0.4 is 9.47 Å². The van der Waals surface area contributed by atoms with Gasteiger partial charge in [-0.15, -0.1) is 0 Å². The van der Waals surface area contributed by atoms with Gasteiger partial charge in [0.1, 0.15) is 17.0 Å². The molecule has 5 nitrogen and oxygen atoms in total. The fourth-order valence-electron chi connectivity index (χ4n) is 1.90. The van der Waals surface area contributed by atoms with Crippen molar-refractivity contribution >= 4 is 17.1 Å². The van der Waals surface area contributed by atoms with Crippen molar-refractivity contribution in [1.82, 2.24) is 4.98 Å².